The minimum atomic E-state index is 0. The molecule has 0 aliphatic carbocycles. The third-order valence-corrected chi connectivity index (χ3v) is 5.16. The van der Waals surface area contributed by atoms with Gasteiger partial charge >= 0.3 is 0 Å². The van der Waals surface area contributed by atoms with Crippen LogP contribution < -0.4 is 14.8 Å². The van der Waals surface area contributed by atoms with Crippen LogP contribution in [0.25, 0.3) is 0 Å². The van der Waals surface area contributed by atoms with E-state index < -0.39 is 0 Å². The number of halogens is 3. The molecule has 1 N–H and O–H groups in total. The summed E-state index contributed by atoms with van der Waals surface area (Å²) >= 11 is 9.57. The Morgan fingerprint density at radius 2 is 1.70 bits per heavy atom. The number of nitrogens with one attached hydrogen (secondary N) is 1. The fourth-order valence-electron chi connectivity index (χ4n) is 2.33. The van der Waals surface area contributed by atoms with E-state index in [1.54, 1.807) is 0 Å². The highest BCUT2D eigenvalue weighted by atomic mass is 79.9. The van der Waals surface area contributed by atoms with Crippen LogP contribution in [0.5, 0.6) is 11.5 Å². The zero-order valence-electron chi connectivity index (χ0n) is 16.3. The standard InChI is InChI=1S/C21H27BrClNO2.ClH/c1-5-21(3,4)24-13-16-11-18(22)20(19(12-16)25-6-2)26-14-15-7-9-17(23)10-8-15;/h7-12,24H,5-6,13-14H2,1-4H3;1H. The lowest BCUT2D eigenvalue weighted by atomic mass is 10.0. The van der Waals surface area contributed by atoms with Crippen molar-refractivity contribution in [3.05, 3.63) is 57.0 Å². The second-order valence-electron chi connectivity index (χ2n) is 6.84. The minimum absolute atomic E-state index is 0. The van der Waals surface area contributed by atoms with Crippen LogP contribution in [0.3, 0.4) is 0 Å². The first kappa shape index (κ1) is 24.1. The Labute approximate surface area is 182 Å². The van der Waals surface area contributed by atoms with Gasteiger partial charge in [0.25, 0.3) is 0 Å². The van der Waals surface area contributed by atoms with Crippen LogP contribution in [0.1, 0.15) is 45.2 Å². The van der Waals surface area contributed by atoms with Gasteiger partial charge in [0.15, 0.2) is 11.5 Å². The molecule has 0 amide bonds. The number of hydrogen-bond acceptors (Lipinski definition) is 3. The van der Waals surface area contributed by atoms with Gasteiger partial charge in [0.1, 0.15) is 6.61 Å². The van der Waals surface area contributed by atoms with Crippen molar-refractivity contribution in [1.82, 2.24) is 5.32 Å². The first-order chi connectivity index (χ1) is 12.3. The first-order valence-corrected chi connectivity index (χ1v) is 10.1. The van der Waals surface area contributed by atoms with E-state index in [1.807, 2.05) is 37.3 Å². The van der Waals surface area contributed by atoms with Crippen molar-refractivity contribution in [3.63, 3.8) is 0 Å². The summed E-state index contributed by atoms with van der Waals surface area (Å²) in [5.74, 6) is 1.47. The molecular weight excluding hydrogens is 449 g/mol. The number of rotatable bonds is 9. The lowest BCUT2D eigenvalue weighted by Crippen LogP contribution is -2.37. The molecule has 3 nitrogen and oxygen atoms in total. The Bertz CT molecular complexity index is 721. The summed E-state index contributed by atoms with van der Waals surface area (Å²) in [6, 6.07) is 11.8. The zero-order chi connectivity index (χ0) is 19.2. The third kappa shape index (κ3) is 7.53. The zero-order valence-corrected chi connectivity index (χ0v) is 19.4. The van der Waals surface area contributed by atoms with E-state index in [2.05, 4.69) is 48.1 Å². The third-order valence-electron chi connectivity index (χ3n) is 4.32. The summed E-state index contributed by atoms with van der Waals surface area (Å²) in [5.41, 5.74) is 2.31. The lowest BCUT2D eigenvalue weighted by molar-refractivity contribution is 0.267. The Hall–Kier alpha value is -0.940. The fourth-order valence-corrected chi connectivity index (χ4v) is 3.06. The van der Waals surface area contributed by atoms with Gasteiger partial charge in [-0.1, -0.05) is 30.7 Å². The Kier molecular flexibility index (Phi) is 9.96. The molecule has 0 saturated carbocycles. The van der Waals surface area contributed by atoms with Gasteiger partial charge in [-0.05, 0) is 78.5 Å². The predicted octanol–water partition coefficient (Wildman–Crippen LogP) is 6.78. The van der Waals surface area contributed by atoms with Crippen molar-refractivity contribution >= 4 is 39.9 Å². The molecule has 0 atom stereocenters. The molecule has 2 aromatic rings. The molecule has 0 fully saturated rings. The predicted molar refractivity (Wildman–Crippen MR) is 120 cm³/mol. The molecule has 0 saturated heterocycles. The Morgan fingerprint density at radius 3 is 2.30 bits per heavy atom. The van der Waals surface area contributed by atoms with Gasteiger partial charge in [-0.15, -0.1) is 12.4 Å². The topological polar surface area (TPSA) is 30.5 Å². The molecule has 0 aliphatic heterocycles. The highest BCUT2D eigenvalue weighted by Crippen LogP contribution is 2.37. The maximum Gasteiger partial charge on any atom is 0.175 e. The average molecular weight is 477 g/mol. The van der Waals surface area contributed by atoms with Crippen molar-refractivity contribution in [3.8, 4) is 11.5 Å². The summed E-state index contributed by atoms with van der Waals surface area (Å²) in [4.78, 5) is 0. The lowest BCUT2D eigenvalue weighted by Gasteiger charge is -2.25. The van der Waals surface area contributed by atoms with Crippen LogP contribution in [0, 0.1) is 0 Å². The van der Waals surface area contributed by atoms with Crippen LogP contribution >= 0.6 is 39.9 Å². The van der Waals surface area contributed by atoms with Crippen LogP contribution in [0.15, 0.2) is 40.9 Å². The molecule has 0 spiro atoms. The second-order valence-corrected chi connectivity index (χ2v) is 8.13. The van der Waals surface area contributed by atoms with Gasteiger partial charge in [0.2, 0.25) is 0 Å². The van der Waals surface area contributed by atoms with Crippen molar-refractivity contribution in [2.75, 3.05) is 6.61 Å². The maximum atomic E-state index is 6.03. The molecule has 27 heavy (non-hydrogen) atoms. The first-order valence-electron chi connectivity index (χ1n) is 8.92. The molecule has 0 bridgehead atoms. The van der Waals surface area contributed by atoms with E-state index in [9.17, 15) is 0 Å². The summed E-state index contributed by atoms with van der Waals surface area (Å²) in [5, 5.41) is 4.29. The van der Waals surface area contributed by atoms with Crippen molar-refractivity contribution in [1.29, 1.82) is 0 Å². The fraction of sp³-hybridized carbons (Fsp3) is 0.429. The van der Waals surface area contributed by atoms with E-state index in [4.69, 9.17) is 21.1 Å². The molecule has 2 aromatic carbocycles. The molecular formula is C21H28BrCl2NO2. The van der Waals surface area contributed by atoms with Crippen molar-refractivity contribution < 1.29 is 9.47 Å². The highest BCUT2D eigenvalue weighted by Gasteiger charge is 2.16. The normalized spacial score (nSPS) is 11.0. The monoisotopic (exact) mass is 475 g/mol. The van der Waals surface area contributed by atoms with Crippen LogP contribution in [0.2, 0.25) is 5.02 Å². The van der Waals surface area contributed by atoms with E-state index in [1.165, 1.54) is 0 Å². The SMILES string of the molecule is CCOc1cc(CNC(C)(C)CC)cc(Br)c1OCc1ccc(Cl)cc1.Cl. The Morgan fingerprint density at radius 1 is 1.04 bits per heavy atom. The molecule has 0 aliphatic rings. The Balaban J connectivity index is 0.00000364. The smallest absolute Gasteiger partial charge is 0.175 e. The summed E-state index contributed by atoms with van der Waals surface area (Å²) < 4.78 is 12.7. The van der Waals surface area contributed by atoms with E-state index in [0.717, 1.165) is 45.1 Å². The molecule has 150 valence electrons. The van der Waals surface area contributed by atoms with Gasteiger partial charge < -0.3 is 14.8 Å². The minimum Gasteiger partial charge on any atom is -0.490 e. The van der Waals surface area contributed by atoms with Crippen LogP contribution in [-0.2, 0) is 13.2 Å². The number of hydrogen-bond donors (Lipinski definition) is 1. The van der Waals surface area contributed by atoms with Gasteiger partial charge in [-0.25, -0.2) is 0 Å². The number of benzene rings is 2. The van der Waals surface area contributed by atoms with E-state index in [0.29, 0.717) is 13.2 Å². The van der Waals surface area contributed by atoms with E-state index in [-0.39, 0.29) is 17.9 Å². The van der Waals surface area contributed by atoms with Gasteiger partial charge in [0, 0.05) is 17.1 Å². The summed E-state index contributed by atoms with van der Waals surface area (Å²) in [6.07, 6.45) is 1.06. The van der Waals surface area contributed by atoms with Crippen LogP contribution in [0.4, 0.5) is 0 Å². The molecule has 6 heteroatoms. The average Bonchev–Trinajstić information content (AvgIpc) is 2.61. The second kappa shape index (κ2) is 11.2. The maximum absolute atomic E-state index is 6.03. The molecule has 0 aromatic heterocycles. The van der Waals surface area contributed by atoms with Crippen molar-refractivity contribution in [2.45, 2.75) is 52.8 Å². The largest absolute Gasteiger partial charge is 0.490 e. The van der Waals surface area contributed by atoms with Gasteiger partial charge in [0.05, 0.1) is 11.1 Å². The molecule has 0 radical (unpaired) electrons. The molecule has 0 heterocycles. The van der Waals surface area contributed by atoms with Gasteiger partial charge in [-0.2, -0.15) is 0 Å². The molecule has 2 rings (SSSR count). The highest BCUT2D eigenvalue weighted by molar-refractivity contribution is 9.10. The van der Waals surface area contributed by atoms with Crippen LogP contribution in [-0.4, -0.2) is 12.1 Å². The van der Waals surface area contributed by atoms with Crippen molar-refractivity contribution in [2.24, 2.45) is 0 Å². The number of ether oxygens (including phenoxy) is 2. The quantitative estimate of drug-likeness (QED) is 0.432. The van der Waals surface area contributed by atoms with E-state index >= 15 is 0 Å². The van der Waals surface area contributed by atoms with Gasteiger partial charge in [-0.3, -0.25) is 0 Å². The summed E-state index contributed by atoms with van der Waals surface area (Å²) in [6.45, 7) is 10.4. The molecule has 0 unspecified atom stereocenters. The summed E-state index contributed by atoms with van der Waals surface area (Å²) in [7, 11) is 0.